The van der Waals surface area contributed by atoms with Crippen LogP contribution in [0.2, 0.25) is 5.02 Å². The maximum absolute atomic E-state index is 7.30. The molecule has 0 fully saturated rings. The van der Waals surface area contributed by atoms with Crippen molar-refractivity contribution in [2.24, 2.45) is 5.73 Å². The van der Waals surface area contributed by atoms with Crippen molar-refractivity contribution in [3.8, 4) is 0 Å². The Kier molecular flexibility index (Phi) is 5.41. The number of nitrogens with two attached hydrogens (primary N) is 1. The number of halogens is 1. The maximum Gasteiger partial charge on any atom is 0.122 e. The zero-order valence-corrected chi connectivity index (χ0v) is 10.8. The van der Waals surface area contributed by atoms with Crippen molar-refractivity contribution < 1.29 is 9.47 Å². The van der Waals surface area contributed by atoms with E-state index in [2.05, 4.69) is 0 Å². The molecule has 0 spiro atoms. The van der Waals surface area contributed by atoms with Crippen molar-refractivity contribution in [1.82, 2.24) is 0 Å². The van der Waals surface area contributed by atoms with Gasteiger partial charge in [-0.1, -0.05) is 23.7 Å². The van der Waals surface area contributed by atoms with Gasteiger partial charge in [0.1, 0.15) is 5.84 Å². The fraction of sp³-hybridized carbons (Fsp3) is 0.417. The molecule has 0 amide bonds. The molecular formula is C12H17ClN2O2. The smallest absolute Gasteiger partial charge is 0.122 e. The lowest BCUT2D eigenvalue weighted by Gasteiger charge is -2.13. The van der Waals surface area contributed by atoms with Gasteiger partial charge in [-0.2, -0.15) is 0 Å². The van der Waals surface area contributed by atoms with Gasteiger partial charge in [-0.05, 0) is 18.6 Å². The second kappa shape index (κ2) is 6.59. The molecule has 1 atom stereocenters. The summed E-state index contributed by atoms with van der Waals surface area (Å²) in [7, 11) is 1.63. The third kappa shape index (κ3) is 4.34. The SMILES string of the molecule is COCC(C)OCc1ccc(C(=N)N)cc1Cl. The number of methoxy groups -OCH3 is 1. The first kappa shape index (κ1) is 14.0. The highest BCUT2D eigenvalue weighted by molar-refractivity contribution is 6.31. The van der Waals surface area contributed by atoms with Gasteiger partial charge in [0, 0.05) is 17.7 Å². The van der Waals surface area contributed by atoms with Crippen molar-refractivity contribution in [2.45, 2.75) is 19.6 Å². The fourth-order valence-corrected chi connectivity index (χ4v) is 1.58. The number of benzene rings is 1. The van der Waals surface area contributed by atoms with Gasteiger partial charge in [-0.15, -0.1) is 0 Å². The van der Waals surface area contributed by atoms with E-state index in [1.54, 1.807) is 19.2 Å². The van der Waals surface area contributed by atoms with Gasteiger partial charge < -0.3 is 15.2 Å². The standard InChI is InChI=1S/C12H17ClN2O2/c1-8(6-16-2)17-7-10-4-3-9(12(14)15)5-11(10)13/h3-5,8H,6-7H2,1-2H3,(H3,14,15). The summed E-state index contributed by atoms with van der Waals surface area (Å²) in [5.41, 5.74) is 6.86. The molecule has 0 saturated heterocycles. The molecule has 1 rings (SSSR count). The molecule has 0 heterocycles. The summed E-state index contributed by atoms with van der Waals surface area (Å²) in [6, 6.07) is 5.25. The normalized spacial score (nSPS) is 12.4. The van der Waals surface area contributed by atoms with Gasteiger partial charge in [0.05, 0.1) is 19.3 Å². The summed E-state index contributed by atoms with van der Waals surface area (Å²) >= 11 is 6.07. The van der Waals surface area contributed by atoms with Crippen LogP contribution in [0.5, 0.6) is 0 Å². The van der Waals surface area contributed by atoms with Crippen LogP contribution >= 0.6 is 11.6 Å². The van der Waals surface area contributed by atoms with Crippen LogP contribution in [0.1, 0.15) is 18.1 Å². The first-order valence-corrected chi connectivity index (χ1v) is 5.65. The Labute approximate surface area is 106 Å². The molecule has 0 aliphatic heterocycles. The van der Waals surface area contributed by atoms with Crippen LogP contribution in [0.15, 0.2) is 18.2 Å². The van der Waals surface area contributed by atoms with Crippen LogP contribution in [0, 0.1) is 5.41 Å². The minimum atomic E-state index is 0.00659. The van der Waals surface area contributed by atoms with E-state index in [0.29, 0.717) is 23.8 Å². The lowest BCUT2D eigenvalue weighted by atomic mass is 10.1. The lowest BCUT2D eigenvalue weighted by Crippen LogP contribution is -2.15. The molecule has 0 saturated carbocycles. The topological polar surface area (TPSA) is 68.3 Å². The summed E-state index contributed by atoms with van der Waals surface area (Å²) in [5.74, 6) is 0.00659. The second-order valence-corrected chi connectivity index (χ2v) is 4.20. The van der Waals surface area contributed by atoms with Gasteiger partial charge in [0.2, 0.25) is 0 Å². The van der Waals surface area contributed by atoms with Crippen LogP contribution in [-0.2, 0) is 16.1 Å². The highest BCUT2D eigenvalue weighted by Crippen LogP contribution is 2.19. The van der Waals surface area contributed by atoms with Crippen LogP contribution in [-0.4, -0.2) is 25.7 Å². The van der Waals surface area contributed by atoms with Crippen molar-refractivity contribution in [2.75, 3.05) is 13.7 Å². The molecule has 3 N–H and O–H groups in total. The highest BCUT2D eigenvalue weighted by atomic mass is 35.5. The number of nitrogens with one attached hydrogen (secondary N) is 1. The highest BCUT2D eigenvalue weighted by Gasteiger charge is 2.06. The zero-order valence-electron chi connectivity index (χ0n) is 10.00. The summed E-state index contributed by atoms with van der Waals surface area (Å²) in [4.78, 5) is 0. The molecule has 1 aromatic rings. The van der Waals surface area contributed by atoms with Gasteiger partial charge >= 0.3 is 0 Å². The van der Waals surface area contributed by atoms with Crippen molar-refractivity contribution in [1.29, 1.82) is 5.41 Å². The molecule has 0 bridgehead atoms. The molecule has 0 aliphatic carbocycles. The largest absolute Gasteiger partial charge is 0.384 e. The first-order valence-electron chi connectivity index (χ1n) is 5.28. The van der Waals surface area contributed by atoms with E-state index in [1.807, 2.05) is 13.0 Å². The predicted octanol–water partition coefficient (Wildman–Crippen LogP) is 2.18. The number of nitrogen functional groups attached to an aromatic ring is 1. The van der Waals surface area contributed by atoms with Gasteiger partial charge in [-0.25, -0.2) is 0 Å². The van der Waals surface area contributed by atoms with E-state index < -0.39 is 0 Å². The minimum Gasteiger partial charge on any atom is -0.384 e. The van der Waals surface area contributed by atoms with E-state index in [0.717, 1.165) is 5.56 Å². The quantitative estimate of drug-likeness (QED) is 0.605. The number of hydrogen-bond acceptors (Lipinski definition) is 3. The van der Waals surface area contributed by atoms with Crippen molar-refractivity contribution in [3.05, 3.63) is 34.3 Å². The summed E-state index contributed by atoms with van der Waals surface area (Å²) < 4.78 is 10.5. The third-order valence-corrected chi connectivity index (χ3v) is 2.64. The molecule has 5 heteroatoms. The molecule has 0 radical (unpaired) electrons. The van der Waals surface area contributed by atoms with E-state index in [1.165, 1.54) is 0 Å². The molecule has 4 nitrogen and oxygen atoms in total. The zero-order chi connectivity index (χ0) is 12.8. The van der Waals surface area contributed by atoms with E-state index in [-0.39, 0.29) is 11.9 Å². The van der Waals surface area contributed by atoms with E-state index in [9.17, 15) is 0 Å². The number of rotatable bonds is 6. The summed E-state index contributed by atoms with van der Waals surface area (Å²) in [6.45, 7) is 2.89. The van der Waals surface area contributed by atoms with Gasteiger partial charge in [0.25, 0.3) is 0 Å². The molecular weight excluding hydrogens is 240 g/mol. The average molecular weight is 257 g/mol. The van der Waals surface area contributed by atoms with Crippen molar-refractivity contribution >= 4 is 17.4 Å². The summed E-state index contributed by atoms with van der Waals surface area (Å²) in [6.07, 6.45) is 0.0172. The number of ether oxygens (including phenoxy) is 2. The van der Waals surface area contributed by atoms with Gasteiger partial charge in [-0.3, -0.25) is 5.41 Å². The molecule has 1 unspecified atom stereocenters. The first-order chi connectivity index (χ1) is 8.04. The van der Waals surface area contributed by atoms with Crippen LogP contribution in [0.25, 0.3) is 0 Å². The Morgan fingerprint density at radius 2 is 2.24 bits per heavy atom. The van der Waals surface area contributed by atoms with Crippen LogP contribution in [0.4, 0.5) is 0 Å². The number of amidine groups is 1. The average Bonchev–Trinajstić information content (AvgIpc) is 2.27. The predicted molar refractivity (Wildman–Crippen MR) is 68.6 cm³/mol. The molecule has 0 aliphatic rings. The van der Waals surface area contributed by atoms with E-state index in [4.69, 9.17) is 32.2 Å². The molecule has 17 heavy (non-hydrogen) atoms. The number of hydrogen-bond donors (Lipinski definition) is 2. The Bertz CT molecular complexity index is 396. The molecule has 1 aromatic carbocycles. The Balaban J connectivity index is 2.63. The second-order valence-electron chi connectivity index (χ2n) is 3.80. The Morgan fingerprint density at radius 3 is 2.76 bits per heavy atom. The monoisotopic (exact) mass is 256 g/mol. The van der Waals surface area contributed by atoms with Crippen molar-refractivity contribution in [3.63, 3.8) is 0 Å². The molecule has 0 aromatic heterocycles. The van der Waals surface area contributed by atoms with Gasteiger partial charge in [0.15, 0.2) is 0 Å². The minimum absolute atomic E-state index is 0.00659. The Morgan fingerprint density at radius 1 is 1.53 bits per heavy atom. The summed E-state index contributed by atoms with van der Waals surface area (Å²) in [5, 5.41) is 7.86. The Hall–Kier alpha value is -1.10. The van der Waals surface area contributed by atoms with E-state index >= 15 is 0 Å². The maximum atomic E-state index is 7.30. The third-order valence-electron chi connectivity index (χ3n) is 2.29. The lowest BCUT2D eigenvalue weighted by molar-refractivity contribution is -0.0000954. The van der Waals surface area contributed by atoms with Crippen LogP contribution < -0.4 is 5.73 Å². The molecule has 94 valence electrons. The fourth-order valence-electron chi connectivity index (χ4n) is 1.35. The van der Waals surface area contributed by atoms with Crippen LogP contribution in [0.3, 0.4) is 0 Å².